The molecular formula is C17H22N2O3. The third kappa shape index (κ3) is 2.99. The Balaban J connectivity index is 1.68. The summed E-state index contributed by atoms with van der Waals surface area (Å²) < 4.78 is 5.47. The van der Waals surface area contributed by atoms with E-state index in [1.807, 2.05) is 43.0 Å². The van der Waals surface area contributed by atoms with Gasteiger partial charge in [0.15, 0.2) is 0 Å². The summed E-state index contributed by atoms with van der Waals surface area (Å²) in [7, 11) is 0. The van der Waals surface area contributed by atoms with Crippen LogP contribution in [-0.4, -0.2) is 49.1 Å². The molecule has 3 rings (SSSR count). The van der Waals surface area contributed by atoms with E-state index in [4.69, 9.17) is 4.74 Å². The van der Waals surface area contributed by atoms with Crippen molar-refractivity contribution in [1.29, 1.82) is 0 Å². The lowest BCUT2D eigenvalue weighted by Crippen LogP contribution is -2.47. The molecule has 2 heterocycles. The van der Waals surface area contributed by atoms with Gasteiger partial charge in [-0.2, -0.15) is 0 Å². The molecule has 22 heavy (non-hydrogen) atoms. The molecule has 2 unspecified atom stereocenters. The van der Waals surface area contributed by atoms with Gasteiger partial charge in [0.1, 0.15) is 0 Å². The molecule has 2 amide bonds. The summed E-state index contributed by atoms with van der Waals surface area (Å²) in [5.41, 5.74) is 2.03. The topological polar surface area (TPSA) is 49.9 Å². The number of hydrogen-bond acceptors (Lipinski definition) is 3. The van der Waals surface area contributed by atoms with Crippen molar-refractivity contribution in [3.05, 3.63) is 29.8 Å². The third-order valence-corrected chi connectivity index (χ3v) is 4.37. The van der Waals surface area contributed by atoms with E-state index < -0.39 is 0 Å². The van der Waals surface area contributed by atoms with Crippen LogP contribution in [0.15, 0.2) is 24.3 Å². The highest BCUT2D eigenvalue weighted by Crippen LogP contribution is 2.27. The molecule has 0 N–H and O–H groups in total. The number of carbonyl (C=O) groups excluding carboxylic acids is 2. The van der Waals surface area contributed by atoms with Crippen LogP contribution < -0.4 is 4.90 Å². The minimum absolute atomic E-state index is 0.0310. The molecule has 2 aliphatic rings. The molecule has 0 aromatic heterocycles. The van der Waals surface area contributed by atoms with Gasteiger partial charge in [-0.1, -0.05) is 17.7 Å². The Morgan fingerprint density at radius 2 is 1.95 bits per heavy atom. The number of nitrogens with zero attached hydrogens (tertiary/aromatic N) is 2. The van der Waals surface area contributed by atoms with Gasteiger partial charge >= 0.3 is 0 Å². The van der Waals surface area contributed by atoms with Crippen molar-refractivity contribution >= 4 is 17.5 Å². The molecule has 1 aromatic rings. The number of anilines is 1. The van der Waals surface area contributed by atoms with E-state index in [-0.39, 0.29) is 23.8 Å². The van der Waals surface area contributed by atoms with E-state index in [1.165, 1.54) is 0 Å². The Hall–Kier alpha value is -1.88. The van der Waals surface area contributed by atoms with Crippen molar-refractivity contribution in [2.24, 2.45) is 5.92 Å². The predicted octanol–water partition coefficient (Wildman–Crippen LogP) is 1.60. The molecule has 0 bridgehead atoms. The molecule has 0 radical (unpaired) electrons. The number of hydrogen-bond donors (Lipinski definition) is 0. The van der Waals surface area contributed by atoms with Crippen LogP contribution in [0.1, 0.15) is 18.9 Å². The number of aryl methyl sites for hydroxylation is 1. The van der Waals surface area contributed by atoms with Crippen LogP contribution in [0.5, 0.6) is 0 Å². The second kappa shape index (κ2) is 6.08. The first-order valence-electron chi connectivity index (χ1n) is 7.82. The van der Waals surface area contributed by atoms with Gasteiger partial charge in [0.2, 0.25) is 11.8 Å². The first-order valence-corrected chi connectivity index (χ1v) is 7.82. The zero-order valence-electron chi connectivity index (χ0n) is 13.1. The summed E-state index contributed by atoms with van der Waals surface area (Å²) in [5, 5.41) is 0. The number of rotatable bonds is 2. The molecule has 5 heteroatoms. The second-order valence-electron chi connectivity index (χ2n) is 6.21. The Morgan fingerprint density at radius 3 is 2.64 bits per heavy atom. The molecule has 2 saturated heterocycles. The Morgan fingerprint density at radius 1 is 1.23 bits per heavy atom. The number of carbonyl (C=O) groups is 2. The van der Waals surface area contributed by atoms with Crippen LogP contribution in [0, 0.1) is 12.8 Å². The van der Waals surface area contributed by atoms with Gasteiger partial charge in [-0.15, -0.1) is 0 Å². The predicted molar refractivity (Wildman–Crippen MR) is 83.6 cm³/mol. The van der Waals surface area contributed by atoms with Crippen molar-refractivity contribution in [1.82, 2.24) is 4.90 Å². The molecule has 0 aliphatic carbocycles. The van der Waals surface area contributed by atoms with Crippen LogP contribution in [0.3, 0.4) is 0 Å². The number of benzene rings is 1. The van der Waals surface area contributed by atoms with E-state index in [0.717, 1.165) is 11.3 Å². The molecule has 118 valence electrons. The van der Waals surface area contributed by atoms with Crippen molar-refractivity contribution in [2.75, 3.05) is 31.1 Å². The van der Waals surface area contributed by atoms with Gasteiger partial charge in [-0.25, -0.2) is 0 Å². The van der Waals surface area contributed by atoms with Gasteiger partial charge in [-0.05, 0) is 26.0 Å². The Bertz CT molecular complexity index is 570. The van der Waals surface area contributed by atoms with Crippen LogP contribution in [0.2, 0.25) is 0 Å². The maximum Gasteiger partial charge on any atom is 0.228 e. The number of amides is 2. The van der Waals surface area contributed by atoms with Crippen LogP contribution in [0.25, 0.3) is 0 Å². The normalized spacial score (nSPS) is 25.6. The summed E-state index contributed by atoms with van der Waals surface area (Å²) in [4.78, 5) is 28.4. The minimum Gasteiger partial charge on any atom is -0.375 e. The van der Waals surface area contributed by atoms with Gasteiger partial charge in [-0.3, -0.25) is 9.59 Å². The maximum atomic E-state index is 12.6. The lowest BCUT2D eigenvalue weighted by atomic mass is 10.1. The monoisotopic (exact) mass is 302 g/mol. The number of ether oxygens (including phenoxy) is 1. The van der Waals surface area contributed by atoms with E-state index in [1.54, 1.807) is 4.90 Å². The fraction of sp³-hybridized carbons (Fsp3) is 0.529. The van der Waals surface area contributed by atoms with Crippen molar-refractivity contribution in [3.8, 4) is 0 Å². The van der Waals surface area contributed by atoms with Gasteiger partial charge in [0.25, 0.3) is 0 Å². The smallest absolute Gasteiger partial charge is 0.228 e. The standard InChI is InChI=1S/C17H22N2O3/c1-12-3-5-15(6-4-12)19-11-14(9-16(19)20)17(21)18-7-8-22-13(2)10-18/h3-6,13-14H,7-11H2,1-2H3. The first-order chi connectivity index (χ1) is 10.5. The molecule has 1 aromatic carbocycles. The molecule has 0 spiro atoms. The minimum atomic E-state index is -0.237. The summed E-state index contributed by atoms with van der Waals surface area (Å²) in [6, 6.07) is 7.86. The SMILES string of the molecule is Cc1ccc(N2CC(C(=O)N3CCOC(C)C3)CC2=O)cc1. The van der Waals surface area contributed by atoms with Crippen molar-refractivity contribution in [2.45, 2.75) is 26.4 Å². The van der Waals surface area contributed by atoms with Gasteiger partial charge < -0.3 is 14.5 Å². The molecule has 5 nitrogen and oxygen atoms in total. The molecule has 2 atom stereocenters. The Kier molecular flexibility index (Phi) is 4.16. The largest absolute Gasteiger partial charge is 0.375 e. The van der Waals surface area contributed by atoms with E-state index in [0.29, 0.717) is 32.7 Å². The fourth-order valence-electron chi connectivity index (χ4n) is 3.12. The zero-order valence-corrected chi connectivity index (χ0v) is 13.1. The maximum absolute atomic E-state index is 12.6. The number of morpholine rings is 1. The summed E-state index contributed by atoms with van der Waals surface area (Å²) >= 11 is 0. The highest BCUT2D eigenvalue weighted by molar-refractivity contribution is 6.00. The fourth-order valence-corrected chi connectivity index (χ4v) is 3.12. The van der Waals surface area contributed by atoms with E-state index in [9.17, 15) is 9.59 Å². The van der Waals surface area contributed by atoms with Crippen LogP contribution in [-0.2, 0) is 14.3 Å². The molecule has 2 aliphatic heterocycles. The average Bonchev–Trinajstić information content (AvgIpc) is 2.89. The molecule has 0 saturated carbocycles. The Labute approximate surface area is 130 Å². The van der Waals surface area contributed by atoms with E-state index >= 15 is 0 Å². The lowest BCUT2D eigenvalue weighted by molar-refractivity contribution is -0.142. The van der Waals surface area contributed by atoms with Gasteiger partial charge in [0, 0.05) is 31.7 Å². The lowest BCUT2D eigenvalue weighted by Gasteiger charge is -2.32. The van der Waals surface area contributed by atoms with E-state index in [2.05, 4.69) is 0 Å². The molecule has 2 fully saturated rings. The zero-order chi connectivity index (χ0) is 15.7. The summed E-state index contributed by atoms with van der Waals surface area (Å²) in [5.74, 6) is -0.124. The highest BCUT2D eigenvalue weighted by Gasteiger charge is 2.38. The molecular weight excluding hydrogens is 280 g/mol. The quantitative estimate of drug-likeness (QED) is 0.834. The average molecular weight is 302 g/mol. The van der Waals surface area contributed by atoms with Crippen molar-refractivity contribution < 1.29 is 14.3 Å². The van der Waals surface area contributed by atoms with Crippen LogP contribution in [0.4, 0.5) is 5.69 Å². The second-order valence-corrected chi connectivity index (χ2v) is 6.21. The summed E-state index contributed by atoms with van der Waals surface area (Å²) in [6.07, 6.45) is 0.376. The first kappa shape index (κ1) is 15.0. The van der Waals surface area contributed by atoms with Gasteiger partial charge in [0.05, 0.1) is 18.6 Å². The highest BCUT2D eigenvalue weighted by atomic mass is 16.5. The van der Waals surface area contributed by atoms with Crippen LogP contribution >= 0.6 is 0 Å². The third-order valence-electron chi connectivity index (χ3n) is 4.37. The van der Waals surface area contributed by atoms with Crippen molar-refractivity contribution in [3.63, 3.8) is 0 Å². The summed E-state index contributed by atoms with van der Waals surface area (Å²) in [6.45, 7) is 6.29.